The Kier molecular flexibility index (Phi) is 5.83. The molecule has 0 unspecified atom stereocenters. The molecular weight excluding hydrogens is 383 g/mol. The van der Waals surface area contributed by atoms with Crippen molar-refractivity contribution >= 4 is 11.6 Å². The summed E-state index contributed by atoms with van der Waals surface area (Å²) in [7, 11) is 0. The van der Waals surface area contributed by atoms with Crippen LogP contribution in [0.1, 0.15) is 16.8 Å². The molecule has 0 aliphatic carbocycles. The number of aromatic nitrogens is 2. The zero-order valence-corrected chi connectivity index (χ0v) is 17.4. The lowest BCUT2D eigenvalue weighted by molar-refractivity contribution is -0.132. The normalized spacial score (nSPS) is 15.1. The number of aliphatic hydroxyl groups is 1. The summed E-state index contributed by atoms with van der Waals surface area (Å²) in [6.45, 7) is 7.35. The largest absolute Gasteiger partial charge is 0.395 e. The van der Waals surface area contributed by atoms with Gasteiger partial charge in [-0.3, -0.25) is 9.69 Å². The number of β-amino-alcohol motifs (C(OH)–C–C–N with tert-alkyl or cyclic N) is 1. The minimum atomic E-state index is -0.253. The molecule has 3 aromatic rings. The average Bonchev–Trinajstić information content (AvgIpc) is 3.08. The van der Waals surface area contributed by atoms with Gasteiger partial charge < -0.3 is 14.4 Å². The number of amides is 1. The number of carbonyl (C=O) groups is 1. The van der Waals surface area contributed by atoms with Crippen LogP contribution in [0.25, 0.3) is 16.9 Å². The first kappa shape index (κ1) is 20.5. The van der Waals surface area contributed by atoms with E-state index in [0.717, 1.165) is 41.3 Å². The Balaban J connectivity index is 1.66. The number of nitrogens with zero attached hydrogens (tertiary/aromatic N) is 4. The number of pyridine rings is 1. The summed E-state index contributed by atoms with van der Waals surface area (Å²) in [6, 6.07) is 8.89. The number of imidazole rings is 1. The summed E-state index contributed by atoms with van der Waals surface area (Å²) in [5, 5.41) is 9.11. The molecule has 0 radical (unpaired) electrons. The lowest BCUT2D eigenvalue weighted by Gasteiger charge is -2.34. The summed E-state index contributed by atoms with van der Waals surface area (Å²) in [5.74, 6) is -0.196. The summed E-state index contributed by atoms with van der Waals surface area (Å²) in [6.07, 6.45) is 2.22. The molecule has 0 atom stereocenters. The van der Waals surface area contributed by atoms with Crippen molar-refractivity contribution in [1.29, 1.82) is 0 Å². The van der Waals surface area contributed by atoms with Crippen LogP contribution in [0.15, 0.2) is 36.5 Å². The Labute approximate surface area is 175 Å². The minimum Gasteiger partial charge on any atom is -0.395 e. The summed E-state index contributed by atoms with van der Waals surface area (Å²) in [5.41, 5.74) is 4.75. The maximum Gasteiger partial charge on any atom is 0.228 e. The van der Waals surface area contributed by atoms with E-state index in [1.165, 1.54) is 6.07 Å². The molecule has 3 heterocycles. The number of piperazine rings is 1. The number of fused-ring (bicyclic) bond motifs is 1. The standard InChI is InChI=1S/C23H27FN4O2/c1-16-3-6-21-25-23(18-4-5-19(24)17(2)13-18)20(28(21)15-16)14-22(30)27-9-7-26(8-10-27)11-12-29/h3-6,13,15,29H,7-12,14H2,1-2H3. The van der Waals surface area contributed by atoms with E-state index < -0.39 is 0 Å². The third-order valence-electron chi connectivity index (χ3n) is 5.76. The van der Waals surface area contributed by atoms with Gasteiger partial charge in [0.1, 0.15) is 11.5 Å². The second-order valence-electron chi connectivity index (χ2n) is 7.93. The molecule has 1 aliphatic rings. The summed E-state index contributed by atoms with van der Waals surface area (Å²) < 4.78 is 15.8. The predicted octanol–water partition coefficient (Wildman–Crippen LogP) is 2.44. The van der Waals surface area contributed by atoms with Gasteiger partial charge >= 0.3 is 0 Å². The van der Waals surface area contributed by atoms with E-state index in [-0.39, 0.29) is 24.8 Å². The maximum absolute atomic E-state index is 13.8. The molecule has 2 aromatic heterocycles. The van der Waals surface area contributed by atoms with E-state index in [4.69, 9.17) is 10.1 Å². The van der Waals surface area contributed by atoms with E-state index in [2.05, 4.69) is 4.90 Å². The highest BCUT2D eigenvalue weighted by Crippen LogP contribution is 2.27. The van der Waals surface area contributed by atoms with Crippen LogP contribution in [0.5, 0.6) is 0 Å². The van der Waals surface area contributed by atoms with Crippen LogP contribution in [0, 0.1) is 19.7 Å². The molecule has 1 fully saturated rings. The topological polar surface area (TPSA) is 61.1 Å². The van der Waals surface area contributed by atoms with Crippen LogP contribution < -0.4 is 0 Å². The Morgan fingerprint density at radius 1 is 1.13 bits per heavy atom. The molecule has 6 nitrogen and oxygen atoms in total. The van der Waals surface area contributed by atoms with Crippen LogP contribution in [0.2, 0.25) is 0 Å². The molecule has 1 amide bonds. The Morgan fingerprint density at radius 3 is 2.60 bits per heavy atom. The monoisotopic (exact) mass is 410 g/mol. The Bertz CT molecular complexity index is 1070. The molecular formula is C23H27FN4O2. The van der Waals surface area contributed by atoms with Gasteiger partial charge in [-0.1, -0.05) is 6.07 Å². The van der Waals surface area contributed by atoms with Crippen molar-refractivity contribution in [3.05, 3.63) is 59.2 Å². The fourth-order valence-corrected chi connectivity index (χ4v) is 4.01. The van der Waals surface area contributed by atoms with Crippen molar-refractivity contribution in [2.45, 2.75) is 20.3 Å². The van der Waals surface area contributed by atoms with Crippen LogP contribution in [-0.4, -0.2) is 69.5 Å². The SMILES string of the molecule is Cc1ccc2nc(-c3ccc(F)c(C)c3)c(CC(=O)N3CCN(CCO)CC3)n2c1. The Morgan fingerprint density at radius 2 is 1.90 bits per heavy atom. The predicted molar refractivity (Wildman–Crippen MR) is 114 cm³/mol. The van der Waals surface area contributed by atoms with Crippen LogP contribution in [-0.2, 0) is 11.2 Å². The number of rotatable bonds is 5. The maximum atomic E-state index is 13.8. The number of hydrogen-bond donors (Lipinski definition) is 1. The highest BCUT2D eigenvalue weighted by Gasteiger charge is 2.24. The van der Waals surface area contributed by atoms with E-state index in [1.807, 2.05) is 34.6 Å². The van der Waals surface area contributed by atoms with E-state index in [0.29, 0.717) is 25.2 Å². The van der Waals surface area contributed by atoms with E-state index in [1.54, 1.807) is 19.1 Å². The number of hydrogen-bond acceptors (Lipinski definition) is 4. The molecule has 1 aliphatic heterocycles. The molecule has 1 saturated heterocycles. The van der Waals surface area contributed by atoms with Gasteiger partial charge in [-0.05, 0) is 49.2 Å². The zero-order chi connectivity index (χ0) is 21.3. The first-order valence-electron chi connectivity index (χ1n) is 10.3. The zero-order valence-electron chi connectivity index (χ0n) is 17.4. The van der Waals surface area contributed by atoms with Crippen molar-refractivity contribution in [3.8, 4) is 11.3 Å². The van der Waals surface area contributed by atoms with Crippen molar-refractivity contribution in [3.63, 3.8) is 0 Å². The molecule has 7 heteroatoms. The first-order chi connectivity index (χ1) is 14.5. The number of benzene rings is 1. The van der Waals surface area contributed by atoms with Gasteiger partial charge in [0.15, 0.2) is 0 Å². The fourth-order valence-electron chi connectivity index (χ4n) is 4.01. The quantitative estimate of drug-likeness (QED) is 0.702. The number of carbonyl (C=O) groups excluding carboxylic acids is 1. The van der Waals surface area contributed by atoms with Gasteiger partial charge in [-0.25, -0.2) is 9.37 Å². The van der Waals surface area contributed by atoms with Gasteiger partial charge in [-0.15, -0.1) is 0 Å². The van der Waals surface area contributed by atoms with Gasteiger partial charge in [0.2, 0.25) is 5.91 Å². The third kappa shape index (κ3) is 4.08. The van der Waals surface area contributed by atoms with E-state index >= 15 is 0 Å². The molecule has 0 bridgehead atoms. The van der Waals surface area contributed by atoms with Gasteiger partial charge in [0.05, 0.1) is 24.4 Å². The fraction of sp³-hybridized carbons (Fsp3) is 0.391. The van der Waals surface area contributed by atoms with Gasteiger partial charge in [0, 0.05) is 44.5 Å². The summed E-state index contributed by atoms with van der Waals surface area (Å²) >= 11 is 0. The average molecular weight is 410 g/mol. The molecule has 4 rings (SSSR count). The van der Waals surface area contributed by atoms with Crippen molar-refractivity contribution in [2.75, 3.05) is 39.3 Å². The second-order valence-corrected chi connectivity index (χ2v) is 7.93. The second kappa shape index (κ2) is 8.53. The molecule has 1 N–H and O–H groups in total. The third-order valence-corrected chi connectivity index (χ3v) is 5.76. The van der Waals surface area contributed by atoms with Crippen molar-refractivity contribution < 1.29 is 14.3 Å². The van der Waals surface area contributed by atoms with Gasteiger partial charge in [-0.2, -0.15) is 0 Å². The number of aliphatic hydroxyl groups excluding tert-OH is 1. The van der Waals surface area contributed by atoms with Crippen LogP contribution >= 0.6 is 0 Å². The minimum absolute atomic E-state index is 0.0574. The molecule has 30 heavy (non-hydrogen) atoms. The molecule has 0 spiro atoms. The van der Waals surface area contributed by atoms with Gasteiger partial charge in [0.25, 0.3) is 0 Å². The Hall–Kier alpha value is -2.77. The lowest BCUT2D eigenvalue weighted by atomic mass is 10.1. The number of aryl methyl sites for hydroxylation is 2. The van der Waals surface area contributed by atoms with E-state index in [9.17, 15) is 9.18 Å². The number of halogens is 1. The highest BCUT2D eigenvalue weighted by atomic mass is 19.1. The smallest absolute Gasteiger partial charge is 0.228 e. The first-order valence-corrected chi connectivity index (χ1v) is 10.3. The molecule has 0 saturated carbocycles. The van der Waals surface area contributed by atoms with Crippen molar-refractivity contribution in [1.82, 2.24) is 19.2 Å². The highest BCUT2D eigenvalue weighted by molar-refractivity contribution is 5.82. The van der Waals surface area contributed by atoms with Crippen LogP contribution in [0.3, 0.4) is 0 Å². The van der Waals surface area contributed by atoms with Crippen molar-refractivity contribution in [2.24, 2.45) is 0 Å². The molecule has 158 valence electrons. The molecule has 1 aromatic carbocycles. The lowest BCUT2D eigenvalue weighted by Crippen LogP contribution is -2.49. The van der Waals surface area contributed by atoms with Crippen LogP contribution in [0.4, 0.5) is 4.39 Å². The summed E-state index contributed by atoms with van der Waals surface area (Å²) in [4.78, 5) is 21.9.